The zero-order valence-electron chi connectivity index (χ0n) is 5.16. The van der Waals surface area contributed by atoms with Gasteiger partial charge in [-0.15, -0.1) is 12.5 Å². The van der Waals surface area contributed by atoms with Crippen molar-refractivity contribution in [1.82, 2.24) is 0 Å². The lowest BCUT2D eigenvalue weighted by Gasteiger charge is -1.98. The van der Waals surface area contributed by atoms with Crippen molar-refractivity contribution in [2.24, 2.45) is 0 Å². The molecule has 0 amide bonds. The topological polar surface area (TPSA) is 0 Å². The van der Waals surface area contributed by atoms with Gasteiger partial charge in [-0.1, -0.05) is 11.2 Å². The summed E-state index contributed by atoms with van der Waals surface area (Å²) in [5.41, 5.74) is 3.80. The van der Waals surface area contributed by atoms with Crippen molar-refractivity contribution in [3.8, 4) is 11.5 Å². The normalized spacial score (nSPS) is 15.4. The molecule has 0 radical (unpaired) electrons. The van der Waals surface area contributed by atoms with Gasteiger partial charge in [-0.2, -0.15) is 0 Å². The second-order valence-electron chi connectivity index (χ2n) is 1.65. The average molecular weight is 128 g/mol. The minimum absolute atomic E-state index is 1.32. The van der Waals surface area contributed by atoms with Crippen LogP contribution in [0.15, 0.2) is 12.3 Å². The van der Waals surface area contributed by atoms with Gasteiger partial charge in [0.25, 0.3) is 0 Å². The average Bonchev–Trinajstić information content (AvgIpc) is 1.67. The van der Waals surface area contributed by atoms with E-state index in [2.05, 4.69) is 18.0 Å². The van der Waals surface area contributed by atoms with Crippen LogP contribution >= 0.6 is 0 Å². The van der Waals surface area contributed by atoms with Crippen molar-refractivity contribution in [1.29, 1.82) is 0 Å². The first-order valence-electron chi connectivity index (χ1n) is 2.39. The van der Waals surface area contributed by atoms with Crippen molar-refractivity contribution in [3.63, 3.8) is 0 Å². The first kappa shape index (κ1) is 7.45. The van der Waals surface area contributed by atoms with Gasteiger partial charge in [0.05, 0.1) is 0 Å². The Kier molecular flexibility index (Phi) is 2.50. The predicted molar refractivity (Wildman–Crippen MR) is 36.4 cm³/mol. The molecule has 0 nitrogen and oxygen atoms in total. The first-order chi connectivity index (χ1) is 3.62. The molecular formula is C6H9FSi. The molecule has 0 saturated heterocycles. The molecule has 0 rings (SSSR count). The summed E-state index contributed by atoms with van der Waals surface area (Å²) in [6.07, 6.45) is 0. The van der Waals surface area contributed by atoms with Gasteiger partial charge in [-0.25, -0.2) is 0 Å². The van der Waals surface area contributed by atoms with Gasteiger partial charge in [0.15, 0.2) is 0 Å². The molecule has 0 spiro atoms. The summed E-state index contributed by atoms with van der Waals surface area (Å²) < 4.78 is 12.7. The van der Waals surface area contributed by atoms with E-state index in [1.54, 1.807) is 6.92 Å². The van der Waals surface area contributed by atoms with E-state index in [0.29, 0.717) is 0 Å². The highest BCUT2D eigenvalue weighted by atomic mass is 28.4. The second kappa shape index (κ2) is 2.68. The summed E-state index contributed by atoms with van der Waals surface area (Å²) in [4.78, 5) is 0. The Morgan fingerprint density at radius 3 is 2.38 bits per heavy atom. The zero-order chi connectivity index (χ0) is 6.62. The first-order valence-corrected chi connectivity index (χ1v) is 4.84. The summed E-state index contributed by atoms with van der Waals surface area (Å²) in [6.45, 7) is 6.48. The Bertz CT molecular complexity index is 138. The standard InChI is InChI=1S/C6H9FSi/c1-4-6-8(3,7)5-2/h5H,2H2,1,3H3. The van der Waals surface area contributed by atoms with Crippen LogP contribution in [0.4, 0.5) is 4.11 Å². The minimum atomic E-state index is -2.77. The van der Waals surface area contributed by atoms with Gasteiger partial charge in [-0.05, 0) is 13.5 Å². The van der Waals surface area contributed by atoms with Gasteiger partial charge in [-0.3, -0.25) is 4.11 Å². The van der Waals surface area contributed by atoms with Crippen LogP contribution in [-0.2, 0) is 0 Å². The Balaban J connectivity index is 4.05. The lowest BCUT2D eigenvalue weighted by molar-refractivity contribution is 0.834. The number of hydrogen-bond donors (Lipinski definition) is 0. The Morgan fingerprint density at radius 1 is 1.75 bits per heavy atom. The van der Waals surface area contributed by atoms with E-state index in [1.165, 1.54) is 12.2 Å². The van der Waals surface area contributed by atoms with Crippen LogP contribution in [0, 0.1) is 11.5 Å². The van der Waals surface area contributed by atoms with Crippen LogP contribution < -0.4 is 0 Å². The molecule has 1 unspecified atom stereocenters. The van der Waals surface area contributed by atoms with E-state index < -0.39 is 8.41 Å². The minimum Gasteiger partial charge on any atom is -0.292 e. The summed E-state index contributed by atoms with van der Waals surface area (Å²) >= 11 is 0. The number of halogens is 1. The third kappa shape index (κ3) is 2.59. The molecule has 1 atom stereocenters. The lowest BCUT2D eigenvalue weighted by atomic mass is 10.8. The summed E-state index contributed by atoms with van der Waals surface area (Å²) in [5, 5.41) is 0. The van der Waals surface area contributed by atoms with E-state index in [1.807, 2.05) is 0 Å². The van der Waals surface area contributed by atoms with Gasteiger partial charge in [0, 0.05) is 0 Å². The van der Waals surface area contributed by atoms with Crippen LogP contribution in [0.25, 0.3) is 0 Å². The molecule has 0 heterocycles. The molecule has 0 bridgehead atoms. The van der Waals surface area contributed by atoms with Crippen LogP contribution in [0.5, 0.6) is 0 Å². The molecule has 0 saturated carbocycles. The second-order valence-corrected chi connectivity index (χ2v) is 4.46. The van der Waals surface area contributed by atoms with Crippen LogP contribution in [0.2, 0.25) is 6.55 Å². The molecule has 0 aliphatic heterocycles. The maximum absolute atomic E-state index is 12.7. The highest BCUT2D eigenvalue weighted by Gasteiger charge is 2.18. The zero-order valence-corrected chi connectivity index (χ0v) is 6.16. The Hall–Kier alpha value is -0.553. The predicted octanol–water partition coefficient (Wildman–Crippen LogP) is 1.82. The van der Waals surface area contributed by atoms with E-state index in [9.17, 15) is 4.11 Å². The number of rotatable bonds is 1. The fourth-order valence-electron chi connectivity index (χ4n) is 0.295. The summed E-state index contributed by atoms with van der Waals surface area (Å²) in [7, 11) is -2.77. The molecule has 0 aromatic rings. The van der Waals surface area contributed by atoms with E-state index in [0.717, 1.165) is 0 Å². The molecular weight excluding hydrogens is 119 g/mol. The fraction of sp³-hybridized carbons (Fsp3) is 0.333. The molecule has 44 valence electrons. The molecule has 2 heteroatoms. The van der Waals surface area contributed by atoms with Crippen molar-refractivity contribution >= 4 is 8.41 Å². The Morgan fingerprint density at radius 2 is 2.25 bits per heavy atom. The smallest absolute Gasteiger partial charge is 0.292 e. The van der Waals surface area contributed by atoms with Crippen molar-refractivity contribution < 1.29 is 4.11 Å². The Labute approximate surface area is 50.6 Å². The molecule has 0 aromatic heterocycles. The third-order valence-electron chi connectivity index (χ3n) is 0.753. The molecule has 0 fully saturated rings. The molecule has 0 N–H and O–H groups in total. The highest BCUT2D eigenvalue weighted by Crippen LogP contribution is 2.01. The maximum atomic E-state index is 12.7. The number of hydrogen-bond acceptors (Lipinski definition) is 0. The van der Waals surface area contributed by atoms with Crippen LogP contribution in [0.3, 0.4) is 0 Å². The van der Waals surface area contributed by atoms with E-state index in [4.69, 9.17) is 0 Å². The SMILES string of the molecule is C=C[Si](C)(F)C#CC. The van der Waals surface area contributed by atoms with Gasteiger partial charge in [0.2, 0.25) is 0 Å². The van der Waals surface area contributed by atoms with Crippen molar-refractivity contribution in [2.75, 3.05) is 0 Å². The largest absolute Gasteiger partial charge is 0.343 e. The summed E-state index contributed by atoms with van der Waals surface area (Å²) in [5.74, 6) is 2.52. The quantitative estimate of drug-likeness (QED) is 0.287. The highest BCUT2D eigenvalue weighted by molar-refractivity contribution is 6.84. The van der Waals surface area contributed by atoms with Crippen molar-refractivity contribution in [3.05, 3.63) is 12.3 Å². The van der Waals surface area contributed by atoms with E-state index in [-0.39, 0.29) is 0 Å². The van der Waals surface area contributed by atoms with Gasteiger partial charge < -0.3 is 0 Å². The fourth-order valence-corrected chi connectivity index (χ4v) is 0.886. The molecule has 8 heavy (non-hydrogen) atoms. The molecule has 0 aliphatic rings. The van der Waals surface area contributed by atoms with E-state index >= 15 is 0 Å². The monoisotopic (exact) mass is 128 g/mol. The molecule has 0 aromatic carbocycles. The van der Waals surface area contributed by atoms with Crippen molar-refractivity contribution in [2.45, 2.75) is 13.5 Å². The van der Waals surface area contributed by atoms with Crippen LogP contribution in [0.1, 0.15) is 6.92 Å². The summed E-state index contributed by atoms with van der Waals surface area (Å²) in [6, 6.07) is 0. The van der Waals surface area contributed by atoms with Gasteiger partial charge >= 0.3 is 8.41 Å². The third-order valence-corrected chi connectivity index (χ3v) is 2.26. The van der Waals surface area contributed by atoms with Gasteiger partial charge in [0.1, 0.15) is 0 Å². The lowest BCUT2D eigenvalue weighted by Crippen LogP contribution is -2.17. The molecule has 0 aliphatic carbocycles. The van der Waals surface area contributed by atoms with Crippen LogP contribution in [-0.4, -0.2) is 8.41 Å². The maximum Gasteiger partial charge on any atom is 0.343 e.